The molecule has 2 N–H and O–H groups in total. The van der Waals surface area contributed by atoms with Gasteiger partial charge in [0.1, 0.15) is 5.82 Å². The van der Waals surface area contributed by atoms with Crippen LogP contribution in [0.3, 0.4) is 0 Å². The molecular weight excluding hydrogens is 311 g/mol. The van der Waals surface area contributed by atoms with Crippen LogP contribution in [0.15, 0.2) is 24.3 Å². The summed E-state index contributed by atoms with van der Waals surface area (Å²) in [5.74, 6) is -0.657. The van der Waals surface area contributed by atoms with Gasteiger partial charge in [0.15, 0.2) is 0 Å². The maximum atomic E-state index is 13.7. The van der Waals surface area contributed by atoms with Gasteiger partial charge in [0.05, 0.1) is 18.4 Å². The van der Waals surface area contributed by atoms with E-state index < -0.39 is 0 Å². The number of likely N-dealkylation sites (tertiary alicyclic amines) is 1. The molecule has 0 bridgehead atoms. The highest BCUT2D eigenvalue weighted by atomic mass is 19.1. The summed E-state index contributed by atoms with van der Waals surface area (Å²) in [6.07, 6.45) is 2.23. The van der Waals surface area contributed by atoms with Gasteiger partial charge in [0.25, 0.3) is 0 Å². The van der Waals surface area contributed by atoms with Crippen LogP contribution in [0.4, 0.5) is 4.39 Å². The number of halogens is 1. The topological polar surface area (TPSA) is 72.6 Å². The van der Waals surface area contributed by atoms with Gasteiger partial charge in [-0.15, -0.1) is 0 Å². The Labute approximate surface area is 141 Å². The zero-order valence-corrected chi connectivity index (χ0v) is 13.6. The Hall–Kier alpha value is -1.95. The lowest BCUT2D eigenvalue weighted by atomic mass is 9.84. The van der Waals surface area contributed by atoms with Crippen LogP contribution in [0.1, 0.15) is 24.8 Å². The predicted octanol–water partition coefficient (Wildman–Crippen LogP) is 1.50. The van der Waals surface area contributed by atoms with Crippen molar-refractivity contribution in [3.8, 4) is 0 Å². The number of carbonyl (C=O) groups excluding carboxylic acids is 2. The van der Waals surface area contributed by atoms with Crippen molar-refractivity contribution in [2.45, 2.75) is 31.8 Å². The van der Waals surface area contributed by atoms with Gasteiger partial charge in [-0.3, -0.25) is 9.59 Å². The van der Waals surface area contributed by atoms with Crippen molar-refractivity contribution in [1.82, 2.24) is 4.90 Å². The average molecular weight is 334 g/mol. The number of amides is 2. The largest absolute Gasteiger partial charge is 0.377 e. The maximum Gasteiger partial charge on any atom is 0.227 e. The SMILES string of the molecule is NC(=O)[C@H]1CCO[C@@H]1C1CCN(C(=O)Cc2ccccc2F)CC1. The number of primary amides is 1. The summed E-state index contributed by atoms with van der Waals surface area (Å²) in [6, 6.07) is 6.37. The zero-order valence-electron chi connectivity index (χ0n) is 13.6. The first kappa shape index (κ1) is 16.9. The number of carbonyl (C=O) groups is 2. The number of hydrogen-bond acceptors (Lipinski definition) is 3. The monoisotopic (exact) mass is 334 g/mol. The van der Waals surface area contributed by atoms with Gasteiger partial charge in [0, 0.05) is 19.7 Å². The first-order valence-corrected chi connectivity index (χ1v) is 8.48. The summed E-state index contributed by atoms with van der Waals surface area (Å²) in [6.45, 7) is 1.80. The Morgan fingerprint density at radius 3 is 2.58 bits per heavy atom. The normalized spacial score (nSPS) is 25.0. The van der Waals surface area contributed by atoms with E-state index in [1.165, 1.54) is 6.07 Å². The van der Waals surface area contributed by atoms with E-state index in [4.69, 9.17) is 10.5 Å². The van der Waals surface area contributed by atoms with Crippen LogP contribution in [-0.4, -0.2) is 42.5 Å². The molecule has 24 heavy (non-hydrogen) atoms. The highest BCUT2D eigenvalue weighted by molar-refractivity contribution is 5.79. The van der Waals surface area contributed by atoms with Gasteiger partial charge in [0.2, 0.25) is 11.8 Å². The smallest absolute Gasteiger partial charge is 0.227 e. The molecule has 2 fully saturated rings. The highest BCUT2D eigenvalue weighted by Crippen LogP contribution is 2.33. The van der Waals surface area contributed by atoms with Crippen LogP contribution < -0.4 is 5.73 Å². The molecule has 1 aromatic rings. The standard InChI is InChI=1S/C18H23FN2O3/c19-15-4-2-1-3-13(15)11-16(22)21-8-5-12(6-9-21)17-14(18(20)23)7-10-24-17/h1-4,12,14,17H,5-11H2,(H2,20,23)/t14-,17+/m0/s1. The molecule has 130 valence electrons. The molecule has 2 amide bonds. The summed E-state index contributed by atoms with van der Waals surface area (Å²) in [5, 5.41) is 0. The minimum Gasteiger partial charge on any atom is -0.377 e. The van der Waals surface area contributed by atoms with Crippen LogP contribution in [0.2, 0.25) is 0 Å². The first-order chi connectivity index (χ1) is 11.6. The van der Waals surface area contributed by atoms with Crippen LogP contribution in [0.25, 0.3) is 0 Å². The van der Waals surface area contributed by atoms with Gasteiger partial charge < -0.3 is 15.4 Å². The third-order valence-corrected chi connectivity index (χ3v) is 5.16. The van der Waals surface area contributed by atoms with Crippen molar-refractivity contribution in [1.29, 1.82) is 0 Å². The first-order valence-electron chi connectivity index (χ1n) is 8.48. The Balaban J connectivity index is 1.54. The molecule has 0 spiro atoms. The Morgan fingerprint density at radius 1 is 1.21 bits per heavy atom. The second kappa shape index (κ2) is 7.30. The van der Waals surface area contributed by atoms with E-state index in [2.05, 4.69) is 0 Å². The second-order valence-electron chi connectivity index (χ2n) is 6.62. The summed E-state index contributed by atoms with van der Waals surface area (Å²) >= 11 is 0. The Kier molecular flexibility index (Phi) is 5.14. The maximum absolute atomic E-state index is 13.7. The summed E-state index contributed by atoms with van der Waals surface area (Å²) in [5.41, 5.74) is 5.88. The second-order valence-corrected chi connectivity index (χ2v) is 6.62. The summed E-state index contributed by atoms with van der Waals surface area (Å²) < 4.78 is 19.4. The molecule has 2 heterocycles. The number of nitrogens with two attached hydrogens (primary N) is 1. The summed E-state index contributed by atoms with van der Waals surface area (Å²) in [7, 11) is 0. The number of nitrogens with zero attached hydrogens (tertiary/aromatic N) is 1. The molecule has 1 aromatic carbocycles. The number of benzene rings is 1. The lowest BCUT2D eigenvalue weighted by Crippen LogP contribution is -2.44. The van der Waals surface area contributed by atoms with Crippen LogP contribution in [-0.2, 0) is 20.7 Å². The molecule has 5 nitrogen and oxygen atoms in total. The van der Waals surface area contributed by atoms with Crippen molar-refractivity contribution in [2.75, 3.05) is 19.7 Å². The lowest BCUT2D eigenvalue weighted by Gasteiger charge is -2.35. The molecule has 0 unspecified atom stereocenters. The van der Waals surface area contributed by atoms with Gasteiger partial charge in [-0.2, -0.15) is 0 Å². The summed E-state index contributed by atoms with van der Waals surface area (Å²) in [4.78, 5) is 25.7. The van der Waals surface area contributed by atoms with E-state index in [9.17, 15) is 14.0 Å². The van der Waals surface area contributed by atoms with Gasteiger partial charge in [-0.05, 0) is 36.8 Å². The van der Waals surface area contributed by atoms with Gasteiger partial charge in [-0.25, -0.2) is 4.39 Å². The molecule has 0 aliphatic carbocycles. The zero-order chi connectivity index (χ0) is 17.1. The molecule has 0 aromatic heterocycles. The molecule has 2 aliphatic rings. The van der Waals surface area contributed by atoms with E-state index in [0.717, 1.165) is 12.8 Å². The number of ether oxygens (including phenoxy) is 1. The molecule has 6 heteroatoms. The highest BCUT2D eigenvalue weighted by Gasteiger charge is 2.39. The fraction of sp³-hybridized carbons (Fsp3) is 0.556. The van der Waals surface area contributed by atoms with Crippen LogP contribution in [0, 0.1) is 17.7 Å². The van der Waals surface area contributed by atoms with Crippen LogP contribution >= 0.6 is 0 Å². The Bertz CT molecular complexity index is 614. The molecule has 2 atom stereocenters. The van der Waals surface area contributed by atoms with Crippen molar-refractivity contribution >= 4 is 11.8 Å². The third-order valence-electron chi connectivity index (χ3n) is 5.16. The molecule has 3 rings (SSSR count). The average Bonchev–Trinajstić information content (AvgIpc) is 3.07. The minimum absolute atomic E-state index is 0.0580. The van der Waals surface area contributed by atoms with E-state index >= 15 is 0 Å². The van der Waals surface area contributed by atoms with Crippen LogP contribution in [0.5, 0.6) is 0 Å². The van der Waals surface area contributed by atoms with E-state index in [1.54, 1.807) is 23.1 Å². The predicted molar refractivity (Wildman–Crippen MR) is 86.4 cm³/mol. The van der Waals surface area contributed by atoms with Crippen molar-refractivity contribution < 1.29 is 18.7 Å². The molecule has 2 saturated heterocycles. The Morgan fingerprint density at radius 2 is 1.92 bits per heavy atom. The minimum atomic E-state index is -0.343. The number of hydrogen-bond donors (Lipinski definition) is 1. The lowest BCUT2D eigenvalue weighted by molar-refractivity contribution is -0.133. The quantitative estimate of drug-likeness (QED) is 0.907. The van der Waals surface area contributed by atoms with Crippen molar-refractivity contribution in [3.05, 3.63) is 35.6 Å². The number of rotatable bonds is 4. The van der Waals surface area contributed by atoms with E-state index in [0.29, 0.717) is 31.7 Å². The molecule has 0 saturated carbocycles. The third kappa shape index (κ3) is 3.59. The van der Waals surface area contributed by atoms with Gasteiger partial charge >= 0.3 is 0 Å². The van der Waals surface area contributed by atoms with Crippen molar-refractivity contribution in [3.63, 3.8) is 0 Å². The van der Waals surface area contributed by atoms with Gasteiger partial charge in [-0.1, -0.05) is 18.2 Å². The fourth-order valence-electron chi connectivity index (χ4n) is 3.77. The fourth-order valence-corrected chi connectivity index (χ4v) is 3.77. The van der Waals surface area contributed by atoms with Crippen molar-refractivity contribution in [2.24, 2.45) is 17.6 Å². The number of piperidine rings is 1. The molecular formula is C18H23FN2O3. The molecule has 2 aliphatic heterocycles. The van der Waals surface area contributed by atoms with E-state index in [1.807, 2.05) is 0 Å². The van der Waals surface area contributed by atoms with E-state index in [-0.39, 0.29) is 42.0 Å². The molecule has 0 radical (unpaired) electrons.